The molecule has 1 aliphatic rings. The highest BCUT2D eigenvalue weighted by Crippen LogP contribution is 2.26. The molecule has 0 spiro atoms. The van der Waals surface area contributed by atoms with E-state index in [-0.39, 0.29) is 22.1 Å². The topological polar surface area (TPSA) is 172 Å². The van der Waals surface area contributed by atoms with Crippen LogP contribution in [0.4, 0.5) is 21.6 Å². The number of benzene rings is 2. The van der Waals surface area contributed by atoms with Gasteiger partial charge in [0.2, 0.25) is 0 Å². The van der Waals surface area contributed by atoms with Crippen LogP contribution in [0.2, 0.25) is 0 Å². The molecule has 50 heavy (non-hydrogen) atoms. The van der Waals surface area contributed by atoms with Gasteiger partial charge >= 0.3 is 0 Å². The number of aromatic nitrogens is 8. The lowest BCUT2D eigenvalue weighted by Crippen LogP contribution is -2.43. The van der Waals surface area contributed by atoms with E-state index in [0.717, 1.165) is 51.4 Å². The summed E-state index contributed by atoms with van der Waals surface area (Å²) in [6.45, 7) is 5.39. The molecular formula is C33H33FN12O3S. The van der Waals surface area contributed by atoms with Crippen LogP contribution < -0.4 is 10.6 Å². The van der Waals surface area contributed by atoms with Crippen molar-refractivity contribution in [1.82, 2.24) is 48.7 Å². The molecule has 0 saturated carbocycles. The third kappa shape index (κ3) is 7.00. The number of fused-ring (bicyclic) bond motifs is 1. The van der Waals surface area contributed by atoms with Crippen LogP contribution in [-0.2, 0) is 23.1 Å². The number of amides is 1. The van der Waals surface area contributed by atoms with Crippen molar-refractivity contribution in [1.29, 1.82) is 0 Å². The summed E-state index contributed by atoms with van der Waals surface area (Å²) in [6.07, 6.45) is 10.1. The normalized spacial score (nSPS) is 14.4. The van der Waals surface area contributed by atoms with Crippen LogP contribution in [0.1, 0.15) is 21.6 Å². The molecule has 4 aromatic heterocycles. The van der Waals surface area contributed by atoms with E-state index in [1.165, 1.54) is 30.2 Å². The monoisotopic (exact) mass is 696 g/mol. The molecule has 7 rings (SSSR count). The minimum Gasteiger partial charge on any atom is -0.336 e. The third-order valence-corrected chi connectivity index (χ3v) is 9.93. The number of anilines is 3. The molecule has 0 radical (unpaired) electrons. The average Bonchev–Trinajstić information content (AvgIpc) is 3.90. The van der Waals surface area contributed by atoms with Crippen molar-refractivity contribution in [3.05, 3.63) is 109 Å². The zero-order valence-electron chi connectivity index (χ0n) is 26.9. The van der Waals surface area contributed by atoms with Crippen molar-refractivity contribution in [2.75, 3.05) is 43.9 Å². The number of halogens is 1. The van der Waals surface area contributed by atoms with Crippen molar-refractivity contribution in [3.8, 4) is 0 Å². The van der Waals surface area contributed by atoms with E-state index in [9.17, 15) is 17.6 Å². The molecule has 6 aromatic rings. The Morgan fingerprint density at radius 3 is 2.62 bits per heavy atom. The van der Waals surface area contributed by atoms with Gasteiger partial charge in [-0.05, 0) is 42.9 Å². The van der Waals surface area contributed by atoms with Gasteiger partial charge in [0, 0.05) is 56.7 Å². The molecule has 5 heterocycles. The maximum atomic E-state index is 14.9. The Morgan fingerprint density at radius 2 is 1.86 bits per heavy atom. The summed E-state index contributed by atoms with van der Waals surface area (Å²) in [4.78, 5) is 30.2. The number of piperazine rings is 1. The highest BCUT2D eigenvalue weighted by molar-refractivity contribution is 7.89. The van der Waals surface area contributed by atoms with E-state index in [1.54, 1.807) is 12.2 Å². The lowest BCUT2D eigenvalue weighted by atomic mass is 10.1. The first-order valence-electron chi connectivity index (χ1n) is 15.7. The minimum atomic E-state index is -4.04. The van der Waals surface area contributed by atoms with Gasteiger partial charge in [0.15, 0.2) is 0 Å². The van der Waals surface area contributed by atoms with E-state index >= 15 is 0 Å². The highest BCUT2D eigenvalue weighted by atomic mass is 32.2. The van der Waals surface area contributed by atoms with Gasteiger partial charge in [-0.2, -0.15) is 13.5 Å². The largest absolute Gasteiger partial charge is 0.336 e. The van der Waals surface area contributed by atoms with Gasteiger partial charge in [0.05, 0.1) is 22.2 Å². The highest BCUT2D eigenvalue weighted by Gasteiger charge is 2.20. The van der Waals surface area contributed by atoms with Crippen molar-refractivity contribution in [2.24, 2.45) is 0 Å². The van der Waals surface area contributed by atoms with Crippen LogP contribution >= 0.6 is 0 Å². The number of carbonyl (C=O) groups is 1. The van der Waals surface area contributed by atoms with Crippen LogP contribution in [0.5, 0.6) is 0 Å². The second-order valence-electron chi connectivity index (χ2n) is 11.8. The number of likely N-dealkylation sites (N-methyl/N-ethyl adjacent to an activating group) is 1. The minimum absolute atomic E-state index is 0.211. The summed E-state index contributed by atoms with van der Waals surface area (Å²) in [6, 6.07) is 13.3. The number of allylic oxidation sites excluding steroid dienone is 1. The quantitative estimate of drug-likeness (QED) is 0.181. The molecule has 0 atom stereocenters. The van der Waals surface area contributed by atoms with E-state index in [1.807, 2.05) is 41.1 Å². The van der Waals surface area contributed by atoms with Gasteiger partial charge in [-0.15, -0.1) is 9.19 Å². The predicted octanol–water partition coefficient (Wildman–Crippen LogP) is 3.58. The Kier molecular flexibility index (Phi) is 9.16. The molecule has 0 unspecified atom stereocenters. The summed E-state index contributed by atoms with van der Waals surface area (Å²) < 4.78 is 42.6. The first-order chi connectivity index (χ1) is 24.2. The standard InChI is InChI=1S/C33H33FN12O3S/c1-43-13-15-44(16-14-43)19-23-4-7-25(8-5-23)40-33(47)30-29(18-38-42-30)41-31-27-10-12-45(32(27)37-21-36-31)11-2-3-24-6-9-26(17-28(24)34)50(48,49)46-22-35-20-39-46/h2-10,12,17-18,20-22H,11,13-16,19H2,1H3,(H,38,42)(H,40,47)(H,36,37,41)/b3-2+. The Morgan fingerprint density at radius 1 is 1.04 bits per heavy atom. The van der Waals surface area contributed by atoms with Crippen molar-refractivity contribution in [3.63, 3.8) is 0 Å². The molecular weight excluding hydrogens is 664 g/mol. The molecule has 0 aliphatic carbocycles. The zero-order valence-corrected chi connectivity index (χ0v) is 27.8. The third-order valence-electron chi connectivity index (χ3n) is 8.40. The van der Waals surface area contributed by atoms with Crippen molar-refractivity contribution < 1.29 is 17.6 Å². The molecule has 3 N–H and O–H groups in total. The molecule has 17 heteroatoms. The second-order valence-corrected chi connectivity index (χ2v) is 13.6. The number of H-pyrrole nitrogens is 1. The molecule has 2 aromatic carbocycles. The fraction of sp³-hybridized carbons (Fsp3) is 0.212. The Labute approximate surface area is 286 Å². The van der Waals surface area contributed by atoms with E-state index < -0.39 is 15.8 Å². The number of nitrogens with one attached hydrogen (secondary N) is 3. The van der Waals surface area contributed by atoms with E-state index in [0.29, 0.717) is 38.9 Å². The number of aromatic amines is 1. The maximum absolute atomic E-state index is 14.9. The predicted molar refractivity (Wildman–Crippen MR) is 185 cm³/mol. The molecule has 1 aliphatic heterocycles. The second kappa shape index (κ2) is 14.0. The van der Waals surface area contributed by atoms with Crippen LogP contribution in [0.3, 0.4) is 0 Å². The summed E-state index contributed by atoms with van der Waals surface area (Å²) in [7, 11) is -1.91. The molecule has 256 valence electrons. The lowest BCUT2D eigenvalue weighted by molar-refractivity contribution is 0.102. The smallest absolute Gasteiger partial charge is 0.284 e. The fourth-order valence-electron chi connectivity index (χ4n) is 5.61. The van der Waals surface area contributed by atoms with Gasteiger partial charge in [0.1, 0.15) is 42.0 Å². The summed E-state index contributed by atoms with van der Waals surface area (Å²) in [5.41, 5.74) is 3.34. The Balaban J connectivity index is 0.996. The van der Waals surface area contributed by atoms with Gasteiger partial charge in [-0.25, -0.2) is 19.3 Å². The Hall–Kier alpha value is -5.78. The number of rotatable bonds is 11. The number of hydrogen-bond donors (Lipinski definition) is 3. The first-order valence-corrected chi connectivity index (χ1v) is 17.2. The summed E-state index contributed by atoms with van der Waals surface area (Å²) in [5.74, 6) is -0.593. The molecule has 0 bridgehead atoms. The number of nitrogens with zero attached hydrogens (tertiary/aromatic N) is 9. The lowest BCUT2D eigenvalue weighted by Gasteiger charge is -2.32. The van der Waals surface area contributed by atoms with Crippen molar-refractivity contribution in [2.45, 2.75) is 18.0 Å². The molecule has 15 nitrogen and oxygen atoms in total. The van der Waals surface area contributed by atoms with Gasteiger partial charge in [-0.1, -0.05) is 30.4 Å². The van der Waals surface area contributed by atoms with Crippen LogP contribution in [0.25, 0.3) is 17.1 Å². The average molecular weight is 697 g/mol. The van der Waals surface area contributed by atoms with E-state index in [4.69, 9.17) is 0 Å². The molecule has 1 saturated heterocycles. The van der Waals surface area contributed by atoms with Gasteiger partial charge in [0.25, 0.3) is 15.9 Å². The van der Waals surface area contributed by atoms with Crippen LogP contribution in [0.15, 0.2) is 90.9 Å². The molecule has 1 amide bonds. The zero-order chi connectivity index (χ0) is 34.7. The van der Waals surface area contributed by atoms with Gasteiger partial charge in [-0.3, -0.25) is 14.8 Å². The SMILES string of the molecule is CN1CCN(Cc2ccc(NC(=O)c3[nH]ncc3Nc3ncnc4c3ccn4C/C=C/c3ccc(S(=O)(=O)n4cncn4)cc3F)cc2)CC1. The van der Waals surface area contributed by atoms with Crippen LogP contribution in [0, 0.1) is 5.82 Å². The summed E-state index contributed by atoms with van der Waals surface area (Å²) >= 11 is 0. The molecule has 1 fully saturated rings. The number of hydrogen-bond acceptors (Lipinski definition) is 11. The summed E-state index contributed by atoms with van der Waals surface area (Å²) in [5, 5.41) is 17.3. The maximum Gasteiger partial charge on any atom is 0.284 e. The number of carbonyl (C=O) groups excluding carboxylic acids is 1. The first kappa shape index (κ1) is 32.8. The van der Waals surface area contributed by atoms with Crippen LogP contribution in [-0.4, -0.2) is 96.3 Å². The van der Waals surface area contributed by atoms with Crippen molar-refractivity contribution >= 4 is 50.2 Å². The Bertz CT molecular complexity index is 2260. The van der Waals surface area contributed by atoms with Gasteiger partial charge < -0.3 is 20.1 Å². The fourth-order valence-corrected chi connectivity index (χ4v) is 6.66. The van der Waals surface area contributed by atoms with E-state index in [2.05, 4.69) is 57.7 Å².